The minimum absolute atomic E-state index is 0.0936. The zero-order valence-electron chi connectivity index (χ0n) is 12.2. The number of amides is 1. The molecule has 20 heavy (non-hydrogen) atoms. The van der Waals surface area contributed by atoms with Gasteiger partial charge in [-0.05, 0) is 57.2 Å². The van der Waals surface area contributed by atoms with Crippen molar-refractivity contribution in [2.24, 2.45) is 5.73 Å². The predicted molar refractivity (Wildman–Crippen MR) is 85.5 cm³/mol. The first-order valence-electron chi connectivity index (χ1n) is 7.22. The van der Waals surface area contributed by atoms with E-state index < -0.39 is 5.41 Å². The highest BCUT2D eigenvalue weighted by molar-refractivity contribution is 9.10. The first-order chi connectivity index (χ1) is 9.39. The van der Waals surface area contributed by atoms with Gasteiger partial charge in [0.1, 0.15) is 0 Å². The van der Waals surface area contributed by atoms with Gasteiger partial charge in [-0.3, -0.25) is 4.79 Å². The van der Waals surface area contributed by atoms with E-state index >= 15 is 0 Å². The van der Waals surface area contributed by atoms with Crippen molar-refractivity contribution >= 4 is 21.8 Å². The number of hydrogen-bond donors (Lipinski definition) is 2. The fraction of sp³-hybridized carbons (Fsp3) is 0.562. The number of nitrogens with one attached hydrogen (secondary N) is 1. The molecule has 1 amide bonds. The lowest BCUT2D eigenvalue weighted by atomic mass is 9.82. The largest absolute Gasteiger partial charge is 0.353 e. The van der Waals surface area contributed by atoms with E-state index in [-0.39, 0.29) is 11.9 Å². The van der Waals surface area contributed by atoms with Gasteiger partial charge in [-0.1, -0.05) is 28.1 Å². The second-order valence-electron chi connectivity index (χ2n) is 6.22. The molecular formula is C16H23BrN2O. The van der Waals surface area contributed by atoms with Crippen LogP contribution in [0.5, 0.6) is 0 Å². The van der Waals surface area contributed by atoms with E-state index in [1.54, 1.807) is 0 Å². The van der Waals surface area contributed by atoms with Crippen molar-refractivity contribution in [2.45, 2.75) is 57.0 Å². The van der Waals surface area contributed by atoms with Gasteiger partial charge < -0.3 is 11.1 Å². The Morgan fingerprint density at radius 1 is 1.30 bits per heavy atom. The summed E-state index contributed by atoms with van der Waals surface area (Å²) in [4.78, 5) is 12.6. The van der Waals surface area contributed by atoms with Gasteiger partial charge in [-0.25, -0.2) is 0 Å². The molecule has 0 atom stereocenters. The number of nitrogens with two attached hydrogens (primary N) is 1. The topological polar surface area (TPSA) is 55.1 Å². The maximum Gasteiger partial charge on any atom is 0.230 e. The van der Waals surface area contributed by atoms with Crippen molar-refractivity contribution in [3.8, 4) is 0 Å². The summed E-state index contributed by atoms with van der Waals surface area (Å²) in [6.45, 7) is 3.94. The maximum absolute atomic E-state index is 12.6. The Balaban J connectivity index is 2.03. The molecule has 2 rings (SSSR count). The van der Waals surface area contributed by atoms with E-state index in [4.69, 9.17) is 5.73 Å². The van der Waals surface area contributed by atoms with Crippen LogP contribution < -0.4 is 11.1 Å². The highest BCUT2D eigenvalue weighted by Crippen LogP contribution is 2.27. The van der Waals surface area contributed by atoms with Crippen LogP contribution in [0, 0.1) is 0 Å². The fourth-order valence-electron chi connectivity index (χ4n) is 2.64. The quantitative estimate of drug-likeness (QED) is 0.889. The minimum atomic E-state index is -0.524. The number of rotatable bonds is 3. The Morgan fingerprint density at radius 2 is 1.95 bits per heavy atom. The molecule has 0 bridgehead atoms. The average Bonchev–Trinajstić information content (AvgIpc) is 2.41. The normalized spacial score (nSPS) is 23.4. The van der Waals surface area contributed by atoms with Crippen LogP contribution in [0.3, 0.4) is 0 Å². The van der Waals surface area contributed by atoms with Gasteiger partial charge in [0, 0.05) is 16.6 Å². The lowest BCUT2D eigenvalue weighted by Gasteiger charge is -2.31. The highest BCUT2D eigenvalue weighted by atomic mass is 79.9. The molecule has 0 saturated heterocycles. The van der Waals surface area contributed by atoms with Crippen molar-refractivity contribution < 1.29 is 4.79 Å². The molecule has 110 valence electrons. The van der Waals surface area contributed by atoms with E-state index in [0.29, 0.717) is 6.04 Å². The Kier molecular flexibility index (Phi) is 4.86. The van der Waals surface area contributed by atoms with Gasteiger partial charge in [-0.15, -0.1) is 0 Å². The molecular weight excluding hydrogens is 316 g/mol. The zero-order valence-corrected chi connectivity index (χ0v) is 13.7. The van der Waals surface area contributed by atoms with E-state index in [1.807, 2.05) is 38.1 Å². The molecule has 1 fully saturated rings. The number of hydrogen-bond acceptors (Lipinski definition) is 2. The lowest BCUT2D eigenvalue weighted by Crippen LogP contribution is -2.47. The van der Waals surface area contributed by atoms with E-state index in [1.165, 1.54) is 0 Å². The van der Waals surface area contributed by atoms with Crippen LogP contribution >= 0.6 is 15.9 Å². The van der Waals surface area contributed by atoms with Crippen molar-refractivity contribution in [3.63, 3.8) is 0 Å². The van der Waals surface area contributed by atoms with E-state index in [9.17, 15) is 4.79 Å². The molecule has 4 heteroatoms. The molecule has 1 aromatic rings. The Morgan fingerprint density at radius 3 is 2.55 bits per heavy atom. The Bertz CT molecular complexity index is 479. The molecule has 1 aliphatic carbocycles. The standard InChI is InChI=1S/C16H23BrN2O/c1-16(2,11-4-3-5-12(17)10-11)15(20)19-14-8-6-13(18)7-9-14/h3-5,10,13-14H,6-9,18H2,1-2H3,(H,19,20). The Hall–Kier alpha value is -0.870. The number of benzene rings is 1. The van der Waals surface area contributed by atoms with Crippen molar-refractivity contribution in [3.05, 3.63) is 34.3 Å². The van der Waals surface area contributed by atoms with Crippen LogP contribution in [-0.4, -0.2) is 18.0 Å². The molecule has 0 unspecified atom stereocenters. The van der Waals surface area contributed by atoms with Gasteiger partial charge in [0.05, 0.1) is 5.41 Å². The SMILES string of the molecule is CC(C)(C(=O)NC1CCC(N)CC1)c1cccc(Br)c1. The lowest BCUT2D eigenvalue weighted by molar-refractivity contribution is -0.126. The minimum Gasteiger partial charge on any atom is -0.353 e. The first kappa shape index (κ1) is 15.5. The summed E-state index contributed by atoms with van der Waals surface area (Å²) < 4.78 is 1.000. The summed E-state index contributed by atoms with van der Waals surface area (Å²) in [5, 5.41) is 3.19. The molecule has 0 heterocycles. The molecule has 1 aliphatic rings. The van der Waals surface area contributed by atoms with Crippen molar-refractivity contribution in [2.75, 3.05) is 0 Å². The smallest absolute Gasteiger partial charge is 0.230 e. The maximum atomic E-state index is 12.6. The molecule has 1 saturated carbocycles. The molecule has 0 aliphatic heterocycles. The van der Waals surface area contributed by atoms with Gasteiger partial charge in [0.2, 0.25) is 5.91 Å². The second-order valence-corrected chi connectivity index (χ2v) is 7.14. The van der Waals surface area contributed by atoms with Crippen molar-refractivity contribution in [1.82, 2.24) is 5.32 Å². The molecule has 3 N–H and O–H groups in total. The summed E-state index contributed by atoms with van der Waals surface area (Å²) in [7, 11) is 0. The first-order valence-corrected chi connectivity index (χ1v) is 8.01. The number of carbonyl (C=O) groups is 1. The zero-order chi connectivity index (χ0) is 14.8. The average molecular weight is 339 g/mol. The molecule has 1 aromatic carbocycles. The van der Waals surface area contributed by atoms with Crippen LogP contribution in [0.15, 0.2) is 28.7 Å². The van der Waals surface area contributed by atoms with E-state index in [0.717, 1.165) is 35.7 Å². The van der Waals surface area contributed by atoms with Crippen molar-refractivity contribution in [1.29, 1.82) is 0 Å². The molecule has 0 radical (unpaired) electrons. The van der Waals surface area contributed by atoms with Crippen LogP contribution in [0.4, 0.5) is 0 Å². The van der Waals surface area contributed by atoms with Crippen LogP contribution in [0.2, 0.25) is 0 Å². The van der Waals surface area contributed by atoms with Crippen LogP contribution in [-0.2, 0) is 10.2 Å². The van der Waals surface area contributed by atoms with Crippen LogP contribution in [0.1, 0.15) is 45.1 Å². The molecule has 0 aromatic heterocycles. The second kappa shape index (κ2) is 6.27. The van der Waals surface area contributed by atoms with Gasteiger partial charge in [0.15, 0.2) is 0 Å². The number of carbonyl (C=O) groups excluding carboxylic acids is 1. The molecule has 3 nitrogen and oxygen atoms in total. The van der Waals surface area contributed by atoms with Gasteiger partial charge in [-0.2, -0.15) is 0 Å². The van der Waals surface area contributed by atoms with Crippen LogP contribution in [0.25, 0.3) is 0 Å². The third kappa shape index (κ3) is 3.61. The third-order valence-corrected chi connectivity index (χ3v) is 4.71. The fourth-order valence-corrected chi connectivity index (χ4v) is 3.04. The monoisotopic (exact) mass is 338 g/mol. The highest BCUT2D eigenvalue weighted by Gasteiger charge is 2.32. The summed E-state index contributed by atoms with van der Waals surface area (Å²) in [6.07, 6.45) is 3.98. The Labute approximate surface area is 129 Å². The molecule has 0 spiro atoms. The van der Waals surface area contributed by atoms with E-state index in [2.05, 4.69) is 21.2 Å². The summed E-state index contributed by atoms with van der Waals surface area (Å²) in [6, 6.07) is 8.53. The number of halogens is 1. The summed E-state index contributed by atoms with van der Waals surface area (Å²) in [5.74, 6) is 0.0936. The third-order valence-electron chi connectivity index (χ3n) is 4.22. The van der Waals surface area contributed by atoms with Gasteiger partial charge >= 0.3 is 0 Å². The summed E-state index contributed by atoms with van der Waals surface area (Å²) in [5.41, 5.74) is 6.40. The predicted octanol–water partition coefficient (Wildman–Crippen LogP) is 3.11. The van der Waals surface area contributed by atoms with Gasteiger partial charge in [0.25, 0.3) is 0 Å². The summed E-state index contributed by atoms with van der Waals surface area (Å²) >= 11 is 3.46.